The summed E-state index contributed by atoms with van der Waals surface area (Å²) < 4.78 is 4.58. The van der Waals surface area contributed by atoms with Crippen LogP contribution in [-0.2, 0) is 21.3 Å². The molecular weight excluding hydrogens is 391 g/mol. The van der Waals surface area contributed by atoms with Crippen molar-refractivity contribution in [1.82, 2.24) is 0 Å². The first-order valence-electron chi connectivity index (χ1n) is 10.7. The van der Waals surface area contributed by atoms with Gasteiger partial charge in [-0.25, -0.2) is 0 Å². The Balaban J connectivity index is 1.96. The van der Waals surface area contributed by atoms with Gasteiger partial charge in [0.1, 0.15) is 0 Å². The van der Waals surface area contributed by atoms with Crippen molar-refractivity contribution in [3.63, 3.8) is 0 Å². The molecular formula is C25H34Zr. The molecule has 0 amide bonds. The van der Waals surface area contributed by atoms with Crippen LogP contribution in [0.3, 0.4) is 0 Å². The Morgan fingerprint density at radius 1 is 1.00 bits per heavy atom. The molecule has 0 heterocycles. The second-order valence-corrected chi connectivity index (χ2v) is 14.6. The van der Waals surface area contributed by atoms with Gasteiger partial charge in [-0.1, -0.05) is 0 Å². The summed E-state index contributed by atoms with van der Waals surface area (Å²) in [6.07, 6.45) is 24.4. The molecule has 0 radical (unpaired) electrons. The van der Waals surface area contributed by atoms with Gasteiger partial charge in [0.2, 0.25) is 0 Å². The Hall–Kier alpha value is -0.807. The minimum absolute atomic E-state index is 0.734. The summed E-state index contributed by atoms with van der Waals surface area (Å²) in [4.78, 5) is 0. The quantitative estimate of drug-likeness (QED) is 0.339. The van der Waals surface area contributed by atoms with Crippen LogP contribution in [0, 0.1) is 0 Å². The number of benzene rings is 1. The van der Waals surface area contributed by atoms with Crippen molar-refractivity contribution in [1.29, 1.82) is 0 Å². The van der Waals surface area contributed by atoms with Crippen LogP contribution in [0.4, 0.5) is 0 Å². The SMILES string of the molecule is CCCCC[C](CCCCC)=[Zr]([C]1=CC=CC1)[CH]1C=Cc2ccccc21. The third kappa shape index (κ3) is 4.92. The molecule has 2 aliphatic carbocycles. The molecule has 2 aliphatic rings. The average Bonchev–Trinajstić information content (AvgIpc) is 3.33. The summed E-state index contributed by atoms with van der Waals surface area (Å²) in [6, 6.07) is 9.15. The van der Waals surface area contributed by atoms with Crippen molar-refractivity contribution in [3.8, 4) is 0 Å². The van der Waals surface area contributed by atoms with Crippen LogP contribution in [0.1, 0.15) is 86.4 Å². The van der Waals surface area contributed by atoms with E-state index in [2.05, 4.69) is 68.5 Å². The van der Waals surface area contributed by atoms with Crippen LogP contribution in [-0.4, -0.2) is 3.21 Å². The average molecular weight is 426 g/mol. The first kappa shape index (κ1) is 19.9. The predicted octanol–water partition coefficient (Wildman–Crippen LogP) is 7.55. The molecule has 26 heavy (non-hydrogen) atoms. The van der Waals surface area contributed by atoms with Crippen molar-refractivity contribution < 1.29 is 21.3 Å². The van der Waals surface area contributed by atoms with E-state index in [0.717, 1.165) is 3.63 Å². The second-order valence-electron chi connectivity index (χ2n) is 7.72. The van der Waals surface area contributed by atoms with Gasteiger partial charge in [-0.3, -0.25) is 0 Å². The van der Waals surface area contributed by atoms with Gasteiger partial charge in [-0.2, -0.15) is 0 Å². The first-order valence-corrected chi connectivity index (χ1v) is 14.6. The van der Waals surface area contributed by atoms with Crippen LogP contribution in [0.5, 0.6) is 0 Å². The molecule has 0 fully saturated rings. The van der Waals surface area contributed by atoms with Gasteiger partial charge < -0.3 is 0 Å². The standard InChI is InChI=1S/C11H22.C9H7.C5H5.Zr/c1-3-5-7-9-11-10-8-6-4-2;1-2-5-9-7-3-6-8(9)4-1;1-2-4-5-3-1;/h3-10H2,1-2H3;1-7H;1-3H,4H2;. The molecule has 0 saturated carbocycles. The molecule has 0 aliphatic heterocycles. The minimum atomic E-state index is -1.87. The molecule has 0 aromatic heterocycles. The second kappa shape index (κ2) is 10.5. The van der Waals surface area contributed by atoms with E-state index in [0.29, 0.717) is 0 Å². The number of unbranched alkanes of at least 4 members (excludes halogenated alkanes) is 4. The number of hydrogen-bond donors (Lipinski definition) is 0. The molecule has 0 bridgehead atoms. The molecule has 1 heteroatoms. The maximum atomic E-state index is 2.57. The Bertz CT molecular complexity index is 705. The Morgan fingerprint density at radius 3 is 2.38 bits per heavy atom. The first-order chi connectivity index (χ1) is 12.8. The van der Waals surface area contributed by atoms with Crippen LogP contribution in [0.25, 0.3) is 6.08 Å². The maximum absolute atomic E-state index is 2.57. The van der Waals surface area contributed by atoms with Crippen LogP contribution >= 0.6 is 0 Å². The van der Waals surface area contributed by atoms with E-state index in [1.807, 2.05) is 6.49 Å². The molecule has 3 rings (SSSR count). The fourth-order valence-corrected chi connectivity index (χ4v) is 13.4. The van der Waals surface area contributed by atoms with E-state index in [4.69, 9.17) is 0 Å². The summed E-state index contributed by atoms with van der Waals surface area (Å²) in [5.74, 6) is 0. The topological polar surface area (TPSA) is 0 Å². The zero-order chi connectivity index (χ0) is 18.2. The van der Waals surface area contributed by atoms with Crippen LogP contribution in [0.2, 0.25) is 0 Å². The van der Waals surface area contributed by atoms with E-state index in [-0.39, 0.29) is 0 Å². The summed E-state index contributed by atoms with van der Waals surface area (Å²) >= 11 is -1.87. The molecule has 0 N–H and O–H groups in total. The zero-order valence-corrected chi connectivity index (χ0v) is 19.1. The van der Waals surface area contributed by atoms with Gasteiger partial charge in [0.25, 0.3) is 0 Å². The Kier molecular flexibility index (Phi) is 8.06. The fraction of sp³-hybridized carbons (Fsp3) is 0.480. The molecule has 0 nitrogen and oxygen atoms in total. The number of rotatable bonds is 10. The van der Waals surface area contributed by atoms with Gasteiger partial charge in [-0.15, -0.1) is 0 Å². The van der Waals surface area contributed by atoms with E-state index < -0.39 is 21.3 Å². The molecule has 138 valence electrons. The van der Waals surface area contributed by atoms with Crippen molar-refractivity contribution in [2.45, 2.75) is 75.3 Å². The van der Waals surface area contributed by atoms with Crippen LogP contribution in [0.15, 0.2) is 51.9 Å². The van der Waals surface area contributed by atoms with Crippen LogP contribution < -0.4 is 0 Å². The van der Waals surface area contributed by atoms with Crippen molar-refractivity contribution in [2.24, 2.45) is 0 Å². The number of fused-ring (bicyclic) bond motifs is 1. The predicted molar refractivity (Wildman–Crippen MR) is 113 cm³/mol. The van der Waals surface area contributed by atoms with E-state index in [9.17, 15) is 0 Å². The third-order valence-corrected chi connectivity index (χ3v) is 14.3. The molecule has 1 aromatic carbocycles. The molecule has 0 saturated heterocycles. The zero-order valence-electron chi connectivity index (χ0n) is 16.6. The summed E-state index contributed by atoms with van der Waals surface area (Å²) in [6.45, 7) is 4.66. The Morgan fingerprint density at radius 2 is 1.73 bits per heavy atom. The van der Waals surface area contributed by atoms with E-state index >= 15 is 0 Å². The van der Waals surface area contributed by atoms with Gasteiger partial charge in [0.05, 0.1) is 0 Å². The van der Waals surface area contributed by atoms with E-state index in [1.165, 1.54) is 63.4 Å². The number of hydrogen-bond acceptors (Lipinski definition) is 0. The molecule has 0 spiro atoms. The normalized spacial score (nSPS) is 17.5. The number of allylic oxidation sites excluding steroid dienone is 5. The van der Waals surface area contributed by atoms with Gasteiger partial charge in [0.15, 0.2) is 0 Å². The monoisotopic (exact) mass is 424 g/mol. The summed E-state index contributed by atoms with van der Waals surface area (Å²) in [5.41, 5.74) is 3.10. The Labute approximate surface area is 168 Å². The van der Waals surface area contributed by atoms with Gasteiger partial charge >= 0.3 is 169 Å². The van der Waals surface area contributed by atoms with Crippen molar-refractivity contribution in [3.05, 3.63) is 63.0 Å². The van der Waals surface area contributed by atoms with Crippen molar-refractivity contribution >= 4 is 9.28 Å². The van der Waals surface area contributed by atoms with Gasteiger partial charge in [0, 0.05) is 0 Å². The molecule has 1 aromatic rings. The van der Waals surface area contributed by atoms with Crippen molar-refractivity contribution in [2.75, 3.05) is 0 Å². The summed E-state index contributed by atoms with van der Waals surface area (Å²) in [5, 5.41) is 0. The third-order valence-electron chi connectivity index (χ3n) is 5.77. The summed E-state index contributed by atoms with van der Waals surface area (Å²) in [7, 11) is 0. The molecule has 1 atom stereocenters. The molecule has 1 unspecified atom stereocenters. The fourth-order valence-electron chi connectivity index (χ4n) is 4.37. The van der Waals surface area contributed by atoms with Gasteiger partial charge in [-0.05, 0) is 0 Å². The van der Waals surface area contributed by atoms with E-state index in [1.54, 1.807) is 5.56 Å².